The van der Waals surface area contributed by atoms with Crippen LogP contribution >= 0.6 is 0 Å². The molecule has 124 valence electrons. The smallest absolute Gasteiger partial charge is 0.248 e. The fourth-order valence-corrected chi connectivity index (χ4v) is 4.84. The number of carbonyl (C=O) groups is 1. The van der Waals surface area contributed by atoms with E-state index in [2.05, 4.69) is 0 Å². The SMILES string of the molecule is Nc1ccc2c(c1)CCC(=O)N2C1(C2CC(F)(F)C2)CCCC1. The van der Waals surface area contributed by atoms with Crippen molar-refractivity contribution in [2.24, 2.45) is 5.92 Å². The van der Waals surface area contributed by atoms with Crippen LogP contribution in [0.25, 0.3) is 0 Å². The third kappa shape index (κ3) is 2.24. The second-order valence-corrected chi connectivity index (χ2v) is 7.39. The number of anilines is 2. The van der Waals surface area contributed by atoms with Gasteiger partial charge >= 0.3 is 0 Å². The molecule has 1 aromatic rings. The summed E-state index contributed by atoms with van der Waals surface area (Å²) >= 11 is 0. The van der Waals surface area contributed by atoms with Crippen molar-refractivity contribution in [3.05, 3.63) is 23.8 Å². The quantitative estimate of drug-likeness (QED) is 0.840. The van der Waals surface area contributed by atoms with E-state index in [-0.39, 0.29) is 24.7 Å². The Kier molecular flexibility index (Phi) is 3.19. The number of carbonyl (C=O) groups excluding carboxylic acids is 1. The molecule has 23 heavy (non-hydrogen) atoms. The van der Waals surface area contributed by atoms with Gasteiger partial charge in [0.1, 0.15) is 0 Å². The van der Waals surface area contributed by atoms with Gasteiger partial charge in [0.05, 0.1) is 5.54 Å². The Hall–Kier alpha value is -1.65. The first-order chi connectivity index (χ1) is 10.9. The molecule has 2 fully saturated rings. The van der Waals surface area contributed by atoms with Crippen LogP contribution in [0.5, 0.6) is 0 Å². The zero-order chi connectivity index (χ0) is 16.2. The monoisotopic (exact) mass is 320 g/mol. The number of nitrogens with zero attached hydrogens (tertiary/aromatic N) is 1. The van der Waals surface area contributed by atoms with E-state index in [1.54, 1.807) is 0 Å². The standard InChI is InChI=1S/C18H22F2N2O/c19-18(20)10-13(11-18)17(7-1-2-8-17)22-15-5-4-14(21)9-12(15)3-6-16(22)23/h4-5,9,13H,1-3,6-8,10-11,21H2. The highest BCUT2D eigenvalue weighted by molar-refractivity contribution is 5.98. The van der Waals surface area contributed by atoms with Crippen molar-refractivity contribution in [2.75, 3.05) is 10.6 Å². The lowest BCUT2D eigenvalue weighted by Gasteiger charge is -2.53. The molecule has 0 bridgehead atoms. The van der Waals surface area contributed by atoms with Gasteiger partial charge in [-0.15, -0.1) is 0 Å². The van der Waals surface area contributed by atoms with Gasteiger partial charge in [0, 0.05) is 30.6 Å². The zero-order valence-corrected chi connectivity index (χ0v) is 13.2. The van der Waals surface area contributed by atoms with E-state index in [4.69, 9.17) is 5.73 Å². The van der Waals surface area contributed by atoms with Gasteiger partial charge in [-0.25, -0.2) is 8.78 Å². The van der Waals surface area contributed by atoms with Crippen molar-refractivity contribution >= 4 is 17.3 Å². The van der Waals surface area contributed by atoms with E-state index in [0.29, 0.717) is 18.5 Å². The molecular formula is C18H22F2N2O. The number of benzene rings is 1. The lowest BCUT2D eigenvalue weighted by atomic mass is 9.66. The van der Waals surface area contributed by atoms with Crippen LogP contribution in [0.4, 0.5) is 20.2 Å². The number of rotatable bonds is 2. The van der Waals surface area contributed by atoms with Gasteiger partial charge in [-0.1, -0.05) is 12.8 Å². The lowest BCUT2D eigenvalue weighted by molar-refractivity contribution is -0.138. The number of hydrogen-bond donors (Lipinski definition) is 1. The average Bonchev–Trinajstić information content (AvgIpc) is 2.95. The number of hydrogen-bond acceptors (Lipinski definition) is 2. The third-order valence-corrected chi connectivity index (χ3v) is 5.97. The Labute approximate surface area is 134 Å². The lowest BCUT2D eigenvalue weighted by Crippen LogP contribution is -2.61. The molecule has 0 spiro atoms. The van der Waals surface area contributed by atoms with Crippen LogP contribution in [0.2, 0.25) is 0 Å². The second kappa shape index (κ2) is 4.92. The first-order valence-electron chi connectivity index (χ1n) is 8.51. The van der Waals surface area contributed by atoms with E-state index in [9.17, 15) is 13.6 Å². The van der Waals surface area contributed by atoms with Gasteiger partial charge in [-0.05, 0) is 48.9 Å². The summed E-state index contributed by atoms with van der Waals surface area (Å²) in [6.45, 7) is 0. The van der Waals surface area contributed by atoms with Gasteiger partial charge < -0.3 is 10.6 Å². The minimum absolute atomic E-state index is 0.0823. The summed E-state index contributed by atoms with van der Waals surface area (Å²) in [7, 11) is 0. The molecule has 0 atom stereocenters. The molecule has 2 saturated carbocycles. The predicted molar refractivity (Wildman–Crippen MR) is 85.5 cm³/mol. The Morgan fingerprint density at radius 2 is 1.83 bits per heavy atom. The number of fused-ring (bicyclic) bond motifs is 1. The van der Waals surface area contributed by atoms with Crippen molar-refractivity contribution in [3.63, 3.8) is 0 Å². The molecule has 1 amide bonds. The van der Waals surface area contributed by atoms with Crippen molar-refractivity contribution in [1.82, 2.24) is 0 Å². The Morgan fingerprint density at radius 3 is 2.48 bits per heavy atom. The molecule has 5 heteroatoms. The summed E-state index contributed by atoms with van der Waals surface area (Å²) in [4.78, 5) is 14.6. The van der Waals surface area contributed by atoms with Gasteiger partial charge in [0.15, 0.2) is 0 Å². The normalized spacial score (nSPS) is 26.0. The largest absolute Gasteiger partial charge is 0.399 e. The maximum atomic E-state index is 13.5. The minimum Gasteiger partial charge on any atom is -0.399 e. The summed E-state index contributed by atoms with van der Waals surface area (Å²) in [5.41, 5.74) is 8.12. The van der Waals surface area contributed by atoms with Crippen LogP contribution in [0.1, 0.15) is 50.5 Å². The van der Waals surface area contributed by atoms with Crippen molar-refractivity contribution < 1.29 is 13.6 Å². The van der Waals surface area contributed by atoms with E-state index >= 15 is 0 Å². The minimum atomic E-state index is -2.55. The fraction of sp³-hybridized carbons (Fsp3) is 0.611. The third-order valence-electron chi connectivity index (χ3n) is 5.97. The van der Waals surface area contributed by atoms with Crippen LogP contribution in [-0.2, 0) is 11.2 Å². The number of nitrogen functional groups attached to an aromatic ring is 1. The predicted octanol–water partition coefficient (Wildman–Crippen LogP) is 3.91. The highest BCUT2D eigenvalue weighted by atomic mass is 19.3. The summed E-state index contributed by atoms with van der Waals surface area (Å²) < 4.78 is 27.0. The van der Waals surface area contributed by atoms with E-state index < -0.39 is 11.5 Å². The van der Waals surface area contributed by atoms with Crippen molar-refractivity contribution in [1.29, 1.82) is 0 Å². The molecule has 0 radical (unpaired) electrons. The molecule has 0 aromatic heterocycles. The van der Waals surface area contributed by atoms with E-state index in [1.807, 2.05) is 23.1 Å². The van der Waals surface area contributed by atoms with Gasteiger partial charge in [-0.2, -0.15) is 0 Å². The van der Waals surface area contributed by atoms with Crippen LogP contribution in [-0.4, -0.2) is 17.4 Å². The second-order valence-electron chi connectivity index (χ2n) is 7.39. The Bertz CT molecular complexity index is 644. The molecule has 3 aliphatic rings. The van der Waals surface area contributed by atoms with Crippen LogP contribution < -0.4 is 10.6 Å². The molecule has 1 aromatic carbocycles. The van der Waals surface area contributed by atoms with E-state index in [0.717, 1.165) is 36.9 Å². The molecule has 2 N–H and O–H groups in total. The number of halogens is 2. The molecule has 1 heterocycles. The number of nitrogens with two attached hydrogens (primary N) is 1. The summed E-state index contributed by atoms with van der Waals surface area (Å²) in [6, 6.07) is 5.63. The zero-order valence-electron chi connectivity index (χ0n) is 13.2. The van der Waals surface area contributed by atoms with Crippen LogP contribution in [0.15, 0.2) is 18.2 Å². The molecular weight excluding hydrogens is 298 g/mol. The van der Waals surface area contributed by atoms with Gasteiger partial charge in [0.25, 0.3) is 0 Å². The summed E-state index contributed by atoms with van der Waals surface area (Å²) in [5, 5.41) is 0. The first-order valence-corrected chi connectivity index (χ1v) is 8.51. The van der Waals surface area contributed by atoms with Gasteiger partial charge in [0.2, 0.25) is 11.8 Å². The summed E-state index contributed by atoms with van der Waals surface area (Å²) in [5.74, 6) is -2.56. The molecule has 0 unspecified atom stereocenters. The Balaban J connectivity index is 1.76. The first kappa shape index (κ1) is 14.9. The molecule has 1 aliphatic heterocycles. The molecule has 3 nitrogen and oxygen atoms in total. The highest BCUT2D eigenvalue weighted by Gasteiger charge is 2.59. The van der Waals surface area contributed by atoms with Crippen LogP contribution in [0, 0.1) is 5.92 Å². The number of alkyl halides is 2. The Morgan fingerprint density at radius 1 is 1.13 bits per heavy atom. The van der Waals surface area contributed by atoms with Gasteiger partial charge in [-0.3, -0.25) is 4.79 Å². The summed E-state index contributed by atoms with van der Waals surface area (Å²) in [6.07, 6.45) is 4.66. The van der Waals surface area contributed by atoms with Crippen LogP contribution in [0.3, 0.4) is 0 Å². The highest BCUT2D eigenvalue weighted by Crippen LogP contribution is 2.56. The van der Waals surface area contributed by atoms with E-state index in [1.165, 1.54) is 0 Å². The topological polar surface area (TPSA) is 46.3 Å². The maximum Gasteiger partial charge on any atom is 0.248 e. The average molecular weight is 320 g/mol. The number of aryl methyl sites for hydroxylation is 1. The molecule has 0 saturated heterocycles. The molecule has 2 aliphatic carbocycles. The fourth-order valence-electron chi connectivity index (χ4n) is 4.84. The number of amides is 1. The maximum absolute atomic E-state index is 13.5. The molecule has 4 rings (SSSR count). The van der Waals surface area contributed by atoms with Crippen molar-refractivity contribution in [3.8, 4) is 0 Å². The van der Waals surface area contributed by atoms with Crippen molar-refractivity contribution in [2.45, 2.75) is 62.8 Å².